The lowest BCUT2D eigenvalue weighted by Gasteiger charge is -2.03. The number of carbonyl (C=O) groups excluding carboxylic acids is 2. The molecular formula is C27H34N2O8. The number of nitrogens with two attached hydrogens (primary N) is 2. The average Bonchev–Trinajstić information content (AvgIpc) is 2.88. The average molecular weight is 515 g/mol. The number of methoxy groups -OCH3 is 2. The minimum absolute atomic E-state index is 0.00662. The number of aliphatic carboxylic acids is 1. The van der Waals surface area contributed by atoms with E-state index in [-0.39, 0.29) is 29.5 Å². The van der Waals surface area contributed by atoms with Crippen molar-refractivity contribution in [1.82, 2.24) is 0 Å². The van der Waals surface area contributed by atoms with Crippen LogP contribution in [0.2, 0.25) is 0 Å². The first-order valence-electron chi connectivity index (χ1n) is 11.5. The first kappa shape index (κ1) is 30.9. The van der Waals surface area contributed by atoms with E-state index in [1.54, 1.807) is 36.4 Å². The molecule has 0 aliphatic heterocycles. The van der Waals surface area contributed by atoms with Gasteiger partial charge in [-0.25, -0.2) is 0 Å². The molecular weight excluding hydrogens is 480 g/mol. The minimum Gasteiger partial charge on any atom is -0.504 e. The van der Waals surface area contributed by atoms with Gasteiger partial charge in [-0.3, -0.25) is 14.4 Å². The van der Waals surface area contributed by atoms with E-state index in [0.29, 0.717) is 35.6 Å². The highest BCUT2D eigenvalue weighted by Gasteiger charge is 2.09. The molecule has 0 heterocycles. The molecule has 2 rings (SSSR count). The molecule has 0 spiro atoms. The molecule has 0 aromatic heterocycles. The quantitative estimate of drug-likeness (QED) is 0.151. The maximum absolute atomic E-state index is 11.9. The molecule has 10 nitrogen and oxygen atoms in total. The second kappa shape index (κ2) is 16.5. The third kappa shape index (κ3) is 11.9. The third-order valence-electron chi connectivity index (χ3n) is 4.97. The number of benzene rings is 2. The molecule has 0 bridgehead atoms. The van der Waals surface area contributed by atoms with E-state index >= 15 is 0 Å². The Morgan fingerprint density at radius 2 is 1.32 bits per heavy atom. The number of hydrogen-bond acceptors (Lipinski definition) is 9. The van der Waals surface area contributed by atoms with Crippen molar-refractivity contribution < 1.29 is 39.2 Å². The number of phenolic OH excluding ortho intramolecular Hbond substituents is 2. The molecule has 0 aliphatic carbocycles. The number of unbranched alkanes of at least 4 members (excludes halogenated alkanes) is 1. The summed E-state index contributed by atoms with van der Waals surface area (Å²) in [7, 11) is 2.87. The topological polar surface area (TPSA) is 182 Å². The van der Waals surface area contributed by atoms with Crippen molar-refractivity contribution >= 4 is 29.7 Å². The van der Waals surface area contributed by atoms with Crippen LogP contribution in [0.5, 0.6) is 23.0 Å². The summed E-state index contributed by atoms with van der Waals surface area (Å²) in [5.41, 5.74) is 11.7. The summed E-state index contributed by atoms with van der Waals surface area (Å²) in [5, 5.41) is 27.4. The van der Waals surface area contributed by atoms with Crippen LogP contribution in [0.3, 0.4) is 0 Å². The van der Waals surface area contributed by atoms with Gasteiger partial charge in [0.2, 0.25) is 0 Å². The van der Waals surface area contributed by atoms with Crippen LogP contribution in [-0.2, 0) is 14.4 Å². The lowest BCUT2D eigenvalue weighted by molar-refractivity contribution is -0.138. The monoisotopic (exact) mass is 514 g/mol. The molecule has 0 amide bonds. The van der Waals surface area contributed by atoms with E-state index in [2.05, 4.69) is 0 Å². The molecule has 1 atom stereocenters. The van der Waals surface area contributed by atoms with Crippen molar-refractivity contribution in [1.29, 1.82) is 0 Å². The van der Waals surface area contributed by atoms with Crippen LogP contribution >= 0.6 is 0 Å². The number of carboxylic acids is 1. The Balaban J connectivity index is 0.000000580. The van der Waals surface area contributed by atoms with Crippen LogP contribution in [0.4, 0.5) is 0 Å². The Kier molecular flexibility index (Phi) is 13.8. The molecule has 10 heteroatoms. The second-order valence-electron chi connectivity index (χ2n) is 7.87. The van der Waals surface area contributed by atoms with Gasteiger partial charge in [-0.1, -0.05) is 30.7 Å². The predicted molar refractivity (Wildman–Crippen MR) is 141 cm³/mol. The highest BCUT2D eigenvalue weighted by molar-refractivity contribution is 6.10. The third-order valence-corrected chi connectivity index (χ3v) is 4.97. The molecule has 0 aliphatic rings. The maximum atomic E-state index is 11.9. The second-order valence-corrected chi connectivity index (χ2v) is 7.87. The number of ether oxygens (including phenoxy) is 2. The van der Waals surface area contributed by atoms with Gasteiger partial charge in [0.1, 0.15) is 6.04 Å². The van der Waals surface area contributed by atoms with Crippen LogP contribution in [-0.4, -0.2) is 59.7 Å². The Bertz CT molecular complexity index is 1040. The number of phenols is 2. The Hall–Kier alpha value is -4.15. The van der Waals surface area contributed by atoms with E-state index in [1.165, 1.54) is 38.5 Å². The van der Waals surface area contributed by atoms with Crippen molar-refractivity contribution in [2.75, 3.05) is 20.8 Å². The SMILES string of the molecule is COc1cc(/C=C/C(=O)CC(=O)/C=C/c2ccc(O)c(OC)c2)ccc1O.NCCCC[C@H](N)C(=O)O. The molecule has 37 heavy (non-hydrogen) atoms. The zero-order chi connectivity index (χ0) is 27.8. The summed E-state index contributed by atoms with van der Waals surface area (Å²) in [6, 6.07) is 8.62. The van der Waals surface area contributed by atoms with Crippen molar-refractivity contribution in [2.24, 2.45) is 11.5 Å². The van der Waals surface area contributed by atoms with Crippen molar-refractivity contribution in [3.8, 4) is 23.0 Å². The van der Waals surface area contributed by atoms with E-state index in [4.69, 9.17) is 26.0 Å². The summed E-state index contributed by atoms with van der Waals surface area (Å²) < 4.78 is 10.00. The standard InChI is InChI=1S/C21H20O6.C6H14N2O2/c1-26-20-11-14(5-9-18(20)24)3-7-16(22)13-17(23)8-4-15-6-10-19(25)21(12-15)27-2;7-4-2-1-3-5(8)6(9)10/h3-12,24-25H,13H2,1-2H3;5H,1-4,7-8H2,(H,9,10)/b7-3+,8-4+;/t;5-/m.0/s1. The van der Waals surface area contributed by atoms with Crippen molar-refractivity contribution in [3.05, 3.63) is 59.7 Å². The van der Waals surface area contributed by atoms with E-state index < -0.39 is 12.0 Å². The number of hydrogen-bond donors (Lipinski definition) is 5. The summed E-state index contributed by atoms with van der Waals surface area (Å²) >= 11 is 0. The number of ketones is 2. The van der Waals surface area contributed by atoms with Crippen LogP contribution in [0.15, 0.2) is 48.6 Å². The first-order chi connectivity index (χ1) is 17.6. The highest BCUT2D eigenvalue weighted by Crippen LogP contribution is 2.27. The van der Waals surface area contributed by atoms with Gasteiger partial charge < -0.3 is 36.3 Å². The largest absolute Gasteiger partial charge is 0.504 e. The van der Waals surface area contributed by atoms with E-state index in [9.17, 15) is 24.6 Å². The zero-order valence-electron chi connectivity index (χ0n) is 20.9. The lowest BCUT2D eigenvalue weighted by Crippen LogP contribution is -2.29. The van der Waals surface area contributed by atoms with Crippen LogP contribution in [0.25, 0.3) is 12.2 Å². The lowest BCUT2D eigenvalue weighted by atomic mass is 10.1. The summed E-state index contributed by atoms with van der Waals surface area (Å²) in [4.78, 5) is 34.0. The molecule has 0 fully saturated rings. The molecule has 0 unspecified atom stereocenters. The molecule has 7 N–H and O–H groups in total. The molecule has 2 aromatic carbocycles. The Morgan fingerprint density at radius 1 is 0.865 bits per heavy atom. The van der Waals surface area contributed by atoms with Crippen LogP contribution in [0.1, 0.15) is 36.8 Å². The summed E-state index contributed by atoms with van der Waals surface area (Å²) in [6.07, 6.45) is 7.61. The van der Waals surface area contributed by atoms with Crippen LogP contribution < -0.4 is 20.9 Å². The van der Waals surface area contributed by atoms with E-state index in [0.717, 1.165) is 12.8 Å². The van der Waals surface area contributed by atoms with Gasteiger partial charge in [0.15, 0.2) is 34.6 Å². The van der Waals surface area contributed by atoms with Gasteiger partial charge in [-0.15, -0.1) is 0 Å². The fourth-order valence-electron chi connectivity index (χ4n) is 2.90. The van der Waals surface area contributed by atoms with Gasteiger partial charge in [0.05, 0.1) is 20.6 Å². The minimum atomic E-state index is -0.933. The van der Waals surface area contributed by atoms with Gasteiger partial charge in [-0.05, 0) is 66.9 Å². The number of allylic oxidation sites excluding steroid dienone is 2. The fraction of sp³-hybridized carbons (Fsp3) is 0.296. The molecule has 0 saturated carbocycles. The highest BCUT2D eigenvalue weighted by atomic mass is 16.5. The summed E-state index contributed by atoms with van der Waals surface area (Å²) in [5.74, 6) is -1.02. The Morgan fingerprint density at radius 3 is 1.70 bits per heavy atom. The molecule has 2 aromatic rings. The molecule has 0 radical (unpaired) electrons. The number of aromatic hydroxyl groups is 2. The van der Waals surface area contributed by atoms with E-state index in [1.807, 2.05) is 0 Å². The Labute approximate surface area is 215 Å². The molecule has 0 saturated heterocycles. The summed E-state index contributed by atoms with van der Waals surface area (Å²) in [6.45, 7) is 0.604. The zero-order valence-corrected chi connectivity index (χ0v) is 20.9. The van der Waals surface area contributed by atoms with Crippen molar-refractivity contribution in [2.45, 2.75) is 31.7 Å². The van der Waals surface area contributed by atoms with Gasteiger partial charge in [0.25, 0.3) is 0 Å². The first-order valence-corrected chi connectivity index (χ1v) is 11.5. The number of carboxylic acid groups (broad SMARTS) is 1. The number of rotatable bonds is 13. The fourth-order valence-corrected chi connectivity index (χ4v) is 2.90. The smallest absolute Gasteiger partial charge is 0.320 e. The van der Waals surface area contributed by atoms with Gasteiger partial charge in [0, 0.05) is 0 Å². The maximum Gasteiger partial charge on any atom is 0.320 e. The van der Waals surface area contributed by atoms with Crippen molar-refractivity contribution in [3.63, 3.8) is 0 Å². The number of carbonyl (C=O) groups is 3. The van der Waals surface area contributed by atoms with Crippen LogP contribution in [0, 0.1) is 0 Å². The van der Waals surface area contributed by atoms with Gasteiger partial charge in [-0.2, -0.15) is 0 Å². The normalized spacial score (nSPS) is 11.6. The predicted octanol–water partition coefficient (Wildman–Crippen LogP) is 2.90. The molecule has 200 valence electrons. The van der Waals surface area contributed by atoms with Gasteiger partial charge >= 0.3 is 5.97 Å².